The van der Waals surface area contributed by atoms with E-state index in [0.717, 1.165) is 19.4 Å². The number of carboxylic acid groups (broad SMARTS) is 1. The molecule has 19 heavy (non-hydrogen) atoms. The average Bonchev–Trinajstić information content (AvgIpc) is 2.28. The zero-order valence-electron chi connectivity index (χ0n) is 13.0. The lowest BCUT2D eigenvalue weighted by atomic mass is 10.1. The van der Waals surface area contributed by atoms with Crippen molar-refractivity contribution in [3.8, 4) is 0 Å². The van der Waals surface area contributed by atoms with Crippen molar-refractivity contribution in [2.24, 2.45) is 0 Å². The van der Waals surface area contributed by atoms with Gasteiger partial charge in [-0.3, -0.25) is 4.79 Å². The molecule has 0 atom stereocenters. The summed E-state index contributed by atoms with van der Waals surface area (Å²) in [5.41, 5.74) is 0. The summed E-state index contributed by atoms with van der Waals surface area (Å²) < 4.78 is 5.81. The van der Waals surface area contributed by atoms with E-state index in [-0.39, 0.29) is 0 Å². The molecule has 0 unspecified atom stereocenters. The number of unbranched alkanes of at least 4 members (excludes halogenated alkanes) is 8. The highest BCUT2D eigenvalue weighted by Crippen LogP contribution is 2.11. The van der Waals surface area contributed by atoms with Crippen LogP contribution in [0, 0.1) is 0 Å². The Morgan fingerprint density at radius 1 is 0.842 bits per heavy atom. The fraction of sp³-hybridized carbons (Fsp3) is 0.933. The molecule has 0 amide bonds. The molecule has 0 aliphatic carbocycles. The van der Waals surface area contributed by atoms with Gasteiger partial charge in [-0.1, -0.05) is 44.9 Å². The van der Waals surface area contributed by atoms with Gasteiger partial charge < -0.3 is 9.53 Å². The molecule has 0 saturated heterocycles. The quantitative estimate of drug-likeness (QED) is 0.390. The average molecular weight is 289 g/mol. The first kappa shape index (κ1) is 18.6. The summed E-state index contributed by atoms with van der Waals surface area (Å²) in [5.74, 6) is -0.666. The number of hydrogen-bond donors (Lipinski definition) is 1. The molecular formula is C15H32O3Si. The Hall–Kier alpha value is -0.353. The number of aliphatic carboxylic acids is 1. The van der Waals surface area contributed by atoms with E-state index in [4.69, 9.17) is 9.53 Å². The molecule has 114 valence electrons. The van der Waals surface area contributed by atoms with Crippen LogP contribution in [0.15, 0.2) is 0 Å². The van der Waals surface area contributed by atoms with Gasteiger partial charge in [-0.15, -0.1) is 0 Å². The van der Waals surface area contributed by atoms with Gasteiger partial charge >= 0.3 is 5.97 Å². The molecular weight excluding hydrogens is 256 g/mol. The normalized spacial score (nSPS) is 11.7. The van der Waals surface area contributed by atoms with Crippen LogP contribution in [0.4, 0.5) is 0 Å². The van der Waals surface area contributed by atoms with Crippen molar-refractivity contribution in [1.82, 2.24) is 0 Å². The van der Waals surface area contributed by atoms with Crippen molar-refractivity contribution in [2.75, 3.05) is 6.61 Å². The van der Waals surface area contributed by atoms with Gasteiger partial charge in [0.05, 0.1) is 0 Å². The van der Waals surface area contributed by atoms with E-state index in [1.54, 1.807) is 0 Å². The minimum atomic E-state index is -1.30. The molecule has 0 aromatic rings. The number of rotatable bonds is 13. The molecule has 0 spiro atoms. The van der Waals surface area contributed by atoms with Gasteiger partial charge in [0.1, 0.15) is 0 Å². The Balaban J connectivity index is 3.05. The Kier molecular flexibility index (Phi) is 11.3. The van der Waals surface area contributed by atoms with Crippen LogP contribution in [0.2, 0.25) is 19.6 Å². The van der Waals surface area contributed by atoms with E-state index < -0.39 is 14.3 Å². The predicted octanol–water partition coefficient (Wildman–Crippen LogP) is 4.82. The lowest BCUT2D eigenvalue weighted by Crippen LogP contribution is -2.25. The molecule has 0 heterocycles. The lowest BCUT2D eigenvalue weighted by Gasteiger charge is -2.16. The van der Waals surface area contributed by atoms with Crippen molar-refractivity contribution in [2.45, 2.75) is 83.8 Å². The second-order valence-electron chi connectivity index (χ2n) is 6.29. The summed E-state index contributed by atoms with van der Waals surface area (Å²) in [7, 11) is -1.30. The summed E-state index contributed by atoms with van der Waals surface area (Å²) >= 11 is 0. The number of hydrogen-bond acceptors (Lipinski definition) is 2. The Morgan fingerprint density at radius 3 is 1.68 bits per heavy atom. The summed E-state index contributed by atoms with van der Waals surface area (Å²) in [6, 6.07) is 0. The maximum absolute atomic E-state index is 10.3. The standard InChI is InChI=1S/C15H32O3Si/c1-19(2,3)18-14-12-10-8-6-4-5-7-9-11-13-15(16)17/h4-14H2,1-3H3,(H,16,17). The first-order valence-electron chi connectivity index (χ1n) is 7.77. The van der Waals surface area contributed by atoms with Crippen LogP contribution in [0.3, 0.4) is 0 Å². The third-order valence-corrected chi connectivity index (χ3v) is 4.14. The third kappa shape index (κ3) is 17.6. The van der Waals surface area contributed by atoms with Crippen LogP contribution in [0.25, 0.3) is 0 Å². The summed E-state index contributed by atoms with van der Waals surface area (Å²) in [6.07, 6.45) is 11.1. The van der Waals surface area contributed by atoms with Gasteiger partial charge in [0, 0.05) is 13.0 Å². The highest BCUT2D eigenvalue weighted by Gasteiger charge is 2.12. The van der Waals surface area contributed by atoms with Crippen molar-refractivity contribution < 1.29 is 14.3 Å². The maximum atomic E-state index is 10.3. The van der Waals surface area contributed by atoms with Crippen LogP contribution < -0.4 is 0 Å². The largest absolute Gasteiger partial charge is 0.481 e. The highest BCUT2D eigenvalue weighted by atomic mass is 28.4. The SMILES string of the molecule is C[Si](C)(C)OCCCCCCCCCCCC(=O)O. The predicted molar refractivity (Wildman–Crippen MR) is 83.1 cm³/mol. The monoisotopic (exact) mass is 288 g/mol. The van der Waals surface area contributed by atoms with Gasteiger partial charge in [0.2, 0.25) is 0 Å². The molecule has 0 aliphatic rings. The van der Waals surface area contributed by atoms with Crippen LogP contribution in [-0.4, -0.2) is 26.0 Å². The number of carboxylic acids is 1. The second kappa shape index (κ2) is 11.5. The van der Waals surface area contributed by atoms with Gasteiger partial charge in [0.15, 0.2) is 8.32 Å². The molecule has 4 heteroatoms. The third-order valence-electron chi connectivity index (χ3n) is 3.07. The first-order chi connectivity index (χ1) is 8.92. The second-order valence-corrected chi connectivity index (χ2v) is 10.8. The minimum absolute atomic E-state index is 0.330. The first-order valence-corrected chi connectivity index (χ1v) is 11.2. The molecule has 0 fully saturated rings. The van der Waals surface area contributed by atoms with Gasteiger partial charge in [-0.2, -0.15) is 0 Å². The Morgan fingerprint density at radius 2 is 1.26 bits per heavy atom. The Labute approximate surface area is 119 Å². The van der Waals surface area contributed by atoms with E-state index in [1.165, 1.54) is 44.9 Å². The van der Waals surface area contributed by atoms with Crippen molar-refractivity contribution in [3.05, 3.63) is 0 Å². The van der Waals surface area contributed by atoms with Crippen molar-refractivity contribution in [3.63, 3.8) is 0 Å². The zero-order chi connectivity index (χ0) is 14.6. The zero-order valence-corrected chi connectivity index (χ0v) is 14.0. The molecule has 0 aromatic heterocycles. The smallest absolute Gasteiger partial charge is 0.303 e. The molecule has 3 nitrogen and oxygen atoms in total. The summed E-state index contributed by atoms with van der Waals surface area (Å²) in [4.78, 5) is 10.3. The molecule has 0 aromatic carbocycles. The van der Waals surface area contributed by atoms with Crippen LogP contribution in [-0.2, 0) is 9.22 Å². The van der Waals surface area contributed by atoms with E-state index in [1.807, 2.05) is 0 Å². The van der Waals surface area contributed by atoms with E-state index in [2.05, 4.69) is 19.6 Å². The van der Waals surface area contributed by atoms with Crippen molar-refractivity contribution >= 4 is 14.3 Å². The van der Waals surface area contributed by atoms with E-state index in [9.17, 15) is 4.79 Å². The van der Waals surface area contributed by atoms with Gasteiger partial charge in [-0.05, 0) is 32.5 Å². The highest BCUT2D eigenvalue weighted by molar-refractivity contribution is 6.69. The van der Waals surface area contributed by atoms with Gasteiger partial charge in [0.25, 0.3) is 0 Å². The Bertz CT molecular complexity index is 224. The topological polar surface area (TPSA) is 46.5 Å². The fourth-order valence-electron chi connectivity index (χ4n) is 1.99. The van der Waals surface area contributed by atoms with E-state index in [0.29, 0.717) is 6.42 Å². The molecule has 0 rings (SSSR count). The molecule has 0 saturated carbocycles. The molecule has 0 radical (unpaired) electrons. The van der Waals surface area contributed by atoms with Crippen LogP contribution in [0.1, 0.15) is 64.2 Å². The summed E-state index contributed by atoms with van der Waals surface area (Å²) in [5, 5.41) is 8.50. The van der Waals surface area contributed by atoms with E-state index >= 15 is 0 Å². The number of carbonyl (C=O) groups is 1. The molecule has 0 bridgehead atoms. The molecule has 1 N–H and O–H groups in total. The van der Waals surface area contributed by atoms with Crippen LogP contribution >= 0.6 is 0 Å². The van der Waals surface area contributed by atoms with Gasteiger partial charge in [-0.25, -0.2) is 0 Å². The minimum Gasteiger partial charge on any atom is -0.481 e. The molecule has 0 aliphatic heterocycles. The lowest BCUT2D eigenvalue weighted by molar-refractivity contribution is -0.137. The van der Waals surface area contributed by atoms with Crippen LogP contribution in [0.5, 0.6) is 0 Å². The maximum Gasteiger partial charge on any atom is 0.303 e. The summed E-state index contributed by atoms with van der Waals surface area (Å²) in [6.45, 7) is 7.64. The van der Waals surface area contributed by atoms with Crippen molar-refractivity contribution in [1.29, 1.82) is 0 Å². The fourth-order valence-corrected chi connectivity index (χ4v) is 2.75.